The molecule has 1 aromatic carbocycles. The maximum absolute atomic E-state index is 13.6. The fourth-order valence-corrected chi connectivity index (χ4v) is 2.77. The lowest BCUT2D eigenvalue weighted by molar-refractivity contribution is 0.224. The van der Waals surface area contributed by atoms with E-state index in [4.69, 9.17) is 4.74 Å². The van der Waals surface area contributed by atoms with Crippen molar-refractivity contribution in [3.8, 4) is 11.5 Å². The second kappa shape index (κ2) is 8.23. The van der Waals surface area contributed by atoms with Crippen LogP contribution in [0.25, 0.3) is 0 Å². The van der Waals surface area contributed by atoms with Crippen LogP contribution in [0.5, 0.6) is 11.5 Å². The van der Waals surface area contributed by atoms with Gasteiger partial charge in [0.15, 0.2) is 11.6 Å². The summed E-state index contributed by atoms with van der Waals surface area (Å²) in [4.78, 5) is 0. The molecule has 0 radical (unpaired) electrons. The molecule has 1 aromatic rings. The average molecular weight is 295 g/mol. The Morgan fingerprint density at radius 3 is 2.81 bits per heavy atom. The first-order chi connectivity index (χ1) is 10.2. The zero-order valence-corrected chi connectivity index (χ0v) is 12.8. The molecular weight excluding hydrogens is 269 g/mol. The lowest BCUT2D eigenvalue weighted by atomic mass is 10.0. The molecule has 1 aliphatic rings. The Kier molecular flexibility index (Phi) is 6.30. The van der Waals surface area contributed by atoms with Crippen molar-refractivity contribution in [2.75, 3.05) is 13.2 Å². The van der Waals surface area contributed by atoms with Gasteiger partial charge >= 0.3 is 0 Å². The SMILES string of the molecule is CCCCCCCCNC1COc2c(F)ccc(O)c2C1. The van der Waals surface area contributed by atoms with Crippen LogP contribution in [0.15, 0.2) is 12.1 Å². The van der Waals surface area contributed by atoms with Crippen molar-refractivity contribution in [3.63, 3.8) is 0 Å². The van der Waals surface area contributed by atoms with E-state index in [9.17, 15) is 9.50 Å². The zero-order valence-electron chi connectivity index (χ0n) is 12.8. The van der Waals surface area contributed by atoms with Crippen LogP contribution in [0, 0.1) is 5.82 Å². The molecule has 118 valence electrons. The summed E-state index contributed by atoms with van der Waals surface area (Å²) in [6, 6.07) is 2.80. The molecule has 0 amide bonds. The largest absolute Gasteiger partial charge is 0.508 e. The number of nitrogens with one attached hydrogen (secondary N) is 1. The van der Waals surface area contributed by atoms with Gasteiger partial charge in [0, 0.05) is 11.6 Å². The van der Waals surface area contributed by atoms with Gasteiger partial charge in [-0.25, -0.2) is 4.39 Å². The van der Waals surface area contributed by atoms with E-state index >= 15 is 0 Å². The molecule has 2 rings (SSSR count). The van der Waals surface area contributed by atoms with Gasteiger partial charge in [-0.15, -0.1) is 0 Å². The fraction of sp³-hybridized carbons (Fsp3) is 0.647. The van der Waals surface area contributed by atoms with Crippen LogP contribution in [0.2, 0.25) is 0 Å². The van der Waals surface area contributed by atoms with Gasteiger partial charge in [-0.3, -0.25) is 0 Å². The summed E-state index contributed by atoms with van der Waals surface area (Å²) in [6.07, 6.45) is 8.24. The Labute approximate surface area is 126 Å². The minimum Gasteiger partial charge on any atom is -0.508 e. The predicted octanol–water partition coefficient (Wildman–Crippen LogP) is 3.78. The summed E-state index contributed by atoms with van der Waals surface area (Å²) in [5.41, 5.74) is 0.585. The number of hydrogen-bond donors (Lipinski definition) is 2. The fourth-order valence-electron chi connectivity index (χ4n) is 2.77. The van der Waals surface area contributed by atoms with Crippen molar-refractivity contribution < 1.29 is 14.2 Å². The van der Waals surface area contributed by atoms with Gasteiger partial charge in [0.1, 0.15) is 12.4 Å². The first-order valence-electron chi connectivity index (χ1n) is 8.09. The van der Waals surface area contributed by atoms with Crippen molar-refractivity contribution in [2.45, 2.75) is 57.9 Å². The van der Waals surface area contributed by atoms with E-state index in [1.54, 1.807) is 0 Å². The number of halogens is 1. The summed E-state index contributed by atoms with van der Waals surface area (Å²) in [5.74, 6) is -0.0535. The van der Waals surface area contributed by atoms with Gasteiger partial charge in [-0.2, -0.15) is 0 Å². The van der Waals surface area contributed by atoms with Crippen molar-refractivity contribution in [1.82, 2.24) is 5.32 Å². The number of unbranched alkanes of at least 4 members (excludes halogenated alkanes) is 5. The van der Waals surface area contributed by atoms with E-state index < -0.39 is 5.82 Å². The standard InChI is InChI=1S/C17H26FNO2/c1-2-3-4-5-6-7-10-19-13-11-14-16(20)9-8-15(18)17(14)21-12-13/h8-9,13,19-20H,2-7,10-12H2,1H3. The lowest BCUT2D eigenvalue weighted by Gasteiger charge is -2.27. The number of aromatic hydroxyl groups is 1. The molecule has 1 atom stereocenters. The monoisotopic (exact) mass is 295 g/mol. The van der Waals surface area contributed by atoms with E-state index in [0.717, 1.165) is 13.0 Å². The highest BCUT2D eigenvalue weighted by molar-refractivity contribution is 5.46. The summed E-state index contributed by atoms with van der Waals surface area (Å²) in [5, 5.41) is 13.3. The van der Waals surface area contributed by atoms with E-state index in [2.05, 4.69) is 12.2 Å². The van der Waals surface area contributed by atoms with Crippen LogP contribution in [0.3, 0.4) is 0 Å². The zero-order chi connectivity index (χ0) is 15.1. The first-order valence-corrected chi connectivity index (χ1v) is 8.09. The summed E-state index contributed by atoms with van der Waals surface area (Å²) >= 11 is 0. The Morgan fingerprint density at radius 2 is 2.00 bits per heavy atom. The molecule has 1 unspecified atom stereocenters. The molecule has 1 heterocycles. The molecule has 2 N–H and O–H groups in total. The number of ether oxygens (including phenoxy) is 1. The first kappa shape index (κ1) is 16.1. The van der Waals surface area contributed by atoms with Crippen LogP contribution >= 0.6 is 0 Å². The molecule has 1 aliphatic heterocycles. The summed E-state index contributed by atoms with van der Waals surface area (Å²) in [7, 11) is 0. The molecule has 0 saturated heterocycles. The Balaban J connectivity index is 1.71. The number of fused-ring (bicyclic) bond motifs is 1. The van der Waals surface area contributed by atoms with Crippen LogP contribution in [-0.4, -0.2) is 24.3 Å². The molecule has 0 spiro atoms. The van der Waals surface area contributed by atoms with Gasteiger partial charge in [0.05, 0.1) is 0 Å². The second-order valence-corrected chi connectivity index (χ2v) is 5.81. The van der Waals surface area contributed by atoms with Crippen LogP contribution in [-0.2, 0) is 6.42 Å². The summed E-state index contributed by atoms with van der Waals surface area (Å²) in [6.45, 7) is 3.63. The average Bonchev–Trinajstić information content (AvgIpc) is 2.50. The van der Waals surface area contributed by atoms with Gasteiger partial charge in [0.2, 0.25) is 0 Å². The van der Waals surface area contributed by atoms with E-state index in [-0.39, 0.29) is 17.5 Å². The molecule has 0 fully saturated rings. The Hall–Kier alpha value is -1.29. The number of benzene rings is 1. The molecule has 21 heavy (non-hydrogen) atoms. The normalized spacial score (nSPS) is 17.3. The van der Waals surface area contributed by atoms with Crippen LogP contribution in [0.1, 0.15) is 51.0 Å². The smallest absolute Gasteiger partial charge is 0.165 e. The summed E-state index contributed by atoms with van der Waals surface area (Å²) < 4.78 is 19.0. The number of phenols is 1. The van der Waals surface area contributed by atoms with E-state index in [1.807, 2.05) is 0 Å². The molecule has 0 aliphatic carbocycles. The quantitative estimate of drug-likeness (QED) is 0.717. The highest BCUT2D eigenvalue weighted by Gasteiger charge is 2.24. The molecule has 4 heteroatoms. The van der Waals surface area contributed by atoms with Gasteiger partial charge in [-0.1, -0.05) is 39.0 Å². The molecular formula is C17H26FNO2. The maximum Gasteiger partial charge on any atom is 0.165 e. The number of hydrogen-bond acceptors (Lipinski definition) is 3. The molecule has 0 bridgehead atoms. The van der Waals surface area contributed by atoms with Crippen molar-refractivity contribution in [2.24, 2.45) is 0 Å². The van der Waals surface area contributed by atoms with Gasteiger partial charge < -0.3 is 15.2 Å². The predicted molar refractivity (Wildman–Crippen MR) is 82.4 cm³/mol. The minimum atomic E-state index is -0.392. The number of rotatable bonds is 8. The second-order valence-electron chi connectivity index (χ2n) is 5.81. The van der Waals surface area contributed by atoms with Crippen molar-refractivity contribution in [1.29, 1.82) is 0 Å². The Bertz CT molecular complexity index is 451. The van der Waals surface area contributed by atoms with Gasteiger partial charge in [0.25, 0.3) is 0 Å². The third-order valence-electron chi connectivity index (χ3n) is 4.03. The third-order valence-corrected chi connectivity index (χ3v) is 4.03. The van der Waals surface area contributed by atoms with E-state index in [0.29, 0.717) is 18.6 Å². The van der Waals surface area contributed by atoms with Crippen molar-refractivity contribution in [3.05, 3.63) is 23.5 Å². The van der Waals surface area contributed by atoms with Crippen LogP contribution < -0.4 is 10.1 Å². The third kappa shape index (κ3) is 4.60. The van der Waals surface area contributed by atoms with E-state index in [1.165, 1.54) is 44.2 Å². The van der Waals surface area contributed by atoms with Gasteiger partial charge in [-0.05, 0) is 31.5 Å². The molecule has 0 aromatic heterocycles. The number of phenolic OH excluding ortho intramolecular Hbond substituents is 1. The highest BCUT2D eigenvalue weighted by atomic mass is 19.1. The van der Waals surface area contributed by atoms with Crippen molar-refractivity contribution >= 4 is 0 Å². The topological polar surface area (TPSA) is 41.5 Å². The van der Waals surface area contributed by atoms with Crippen LogP contribution in [0.4, 0.5) is 4.39 Å². The minimum absolute atomic E-state index is 0.123. The maximum atomic E-state index is 13.6. The highest BCUT2D eigenvalue weighted by Crippen LogP contribution is 2.34. The molecule has 0 saturated carbocycles. The molecule has 3 nitrogen and oxygen atoms in total. The lowest BCUT2D eigenvalue weighted by Crippen LogP contribution is -2.40. The Morgan fingerprint density at radius 1 is 1.24 bits per heavy atom.